The number of benzene rings is 1. The molecule has 1 aliphatic rings. The summed E-state index contributed by atoms with van der Waals surface area (Å²) in [6.45, 7) is 13.8. The zero-order valence-electron chi connectivity index (χ0n) is 26.9. The van der Waals surface area contributed by atoms with Gasteiger partial charge in [-0.25, -0.2) is 4.79 Å². The Morgan fingerprint density at radius 2 is 1.36 bits per heavy atom. The summed E-state index contributed by atoms with van der Waals surface area (Å²) >= 11 is 0. The number of ketones is 1. The molecule has 0 spiro atoms. The number of ether oxygens (including phenoxy) is 3. The molecule has 10 nitrogen and oxygen atoms in total. The molecule has 1 aliphatic heterocycles. The van der Waals surface area contributed by atoms with Crippen molar-refractivity contribution in [1.82, 2.24) is 9.80 Å². The first-order valence-electron chi connectivity index (χ1n) is 15.0. The summed E-state index contributed by atoms with van der Waals surface area (Å²) in [5, 5.41) is 0. The van der Waals surface area contributed by atoms with Crippen LogP contribution in [0.3, 0.4) is 0 Å². The quantitative estimate of drug-likeness (QED) is 0.285. The van der Waals surface area contributed by atoms with Gasteiger partial charge in [0.15, 0.2) is 18.0 Å². The molecule has 4 atom stereocenters. The Balaban J connectivity index is 2.36. The summed E-state index contributed by atoms with van der Waals surface area (Å²) in [7, 11) is 5.15. The molecule has 0 unspecified atom stereocenters. The van der Waals surface area contributed by atoms with Crippen LogP contribution in [0, 0.1) is 11.8 Å². The maximum atomic E-state index is 14.0. The zero-order valence-corrected chi connectivity index (χ0v) is 26.9. The molecule has 1 aromatic rings. The number of anilines is 1. The van der Waals surface area contributed by atoms with E-state index in [1.54, 1.807) is 4.90 Å². The van der Waals surface area contributed by atoms with Gasteiger partial charge in [-0.1, -0.05) is 39.8 Å². The highest BCUT2D eigenvalue weighted by atomic mass is 16.6. The van der Waals surface area contributed by atoms with Crippen LogP contribution in [0.4, 0.5) is 5.69 Å². The fourth-order valence-electron chi connectivity index (χ4n) is 4.82. The Kier molecular flexibility index (Phi) is 13.9. The summed E-state index contributed by atoms with van der Waals surface area (Å²) in [6, 6.07) is 6.40. The van der Waals surface area contributed by atoms with Crippen molar-refractivity contribution in [2.24, 2.45) is 11.8 Å². The number of hydrogen-bond donors (Lipinski definition) is 0. The lowest BCUT2D eigenvalue weighted by atomic mass is 10.0. The van der Waals surface area contributed by atoms with E-state index in [0.717, 1.165) is 24.3 Å². The van der Waals surface area contributed by atoms with Crippen molar-refractivity contribution in [3.8, 4) is 0 Å². The third kappa shape index (κ3) is 10.7. The highest BCUT2D eigenvalue weighted by Gasteiger charge is 2.37. The van der Waals surface area contributed by atoms with E-state index in [0.29, 0.717) is 26.1 Å². The Bertz CT molecular complexity index is 1040. The van der Waals surface area contributed by atoms with Gasteiger partial charge >= 0.3 is 11.9 Å². The van der Waals surface area contributed by atoms with Crippen molar-refractivity contribution in [3.63, 3.8) is 0 Å². The number of rotatable bonds is 15. The second kappa shape index (κ2) is 16.6. The van der Waals surface area contributed by atoms with E-state index in [-0.39, 0.29) is 24.0 Å². The van der Waals surface area contributed by atoms with Crippen LogP contribution >= 0.6 is 0 Å². The molecule has 0 bridgehead atoms. The van der Waals surface area contributed by atoms with Crippen molar-refractivity contribution in [2.45, 2.75) is 85.1 Å². The van der Waals surface area contributed by atoms with Crippen molar-refractivity contribution >= 4 is 29.3 Å². The van der Waals surface area contributed by atoms with Gasteiger partial charge in [-0.3, -0.25) is 19.3 Å². The molecule has 1 fully saturated rings. The van der Waals surface area contributed by atoms with Crippen LogP contribution in [0.1, 0.15) is 59.9 Å². The number of nitrogens with zero attached hydrogens (tertiary/aromatic N) is 3. The molecule has 236 valence electrons. The van der Waals surface area contributed by atoms with E-state index < -0.39 is 42.1 Å². The SMILES string of the molecule is CC(=O)[C@@H](C)OC(=O)[C@H](CC(C)C)N(C)C(=O)[C@@H](Cc1ccc(N2CCOCC2)cc1)OC(=O)[C@H](CC(C)C)N(C)C. The van der Waals surface area contributed by atoms with Crippen molar-refractivity contribution < 1.29 is 33.4 Å². The molecule has 1 aromatic carbocycles. The van der Waals surface area contributed by atoms with Crippen molar-refractivity contribution in [1.29, 1.82) is 0 Å². The standard InChI is InChI=1S/C32H51N3O7/c1-21(2)18-27(33(7)8)31(38)42-29(20-25-10-12-26(13-11-25)35-14-16-40-17-15-35)30(37)34(9)28(19-22(3)4)32(39)41-24(6)23(5)36/h10-13,21-22,24,27-29H,14-20H2,1-9H3/t24-,27+,28+,29-/m1/s1. The number of amides is 1. The lowest BCUT2D eigenvalue weighted by Crippen LogP contribution is -2.51. The van der Waals surface area contributed by atoms with Crippen LogP contribution < -0.4 is 4.90 Å². The molecule has 1 amide bonds. The predicted molar refractivity (Wildman–Crippen MR) is 162 cm³/mol. The lowest BCUT2D eigenvalue weighted by molar-refractivity contribution is -0.169. The summed E-state index contributed by atoms with van der Waals surface area (Å²) in [4.78, 5) is 57.7. The van der Waals surface area contributed by atoms with E-state index in [9.17, 15) is 19.2 Å². The monoisotopic (exact) mass is 589 g/mol. The van der Waals surface area contributed by atoms with E-state index in [4.69, 9.17) is 14.2 Å². The summed E-state index contributed by atoms with van der Waals surface area (Å²) < 4.78 is 16.8. The van der Waals surface area contributed by atoms with Crippen LogP contribution in [0.2, 0.25) is 0 Å². The average molecular weight is 590 g/mol. The molecule has 0 saturated carbocycles. The van der Waals surface area contributed by atoms with Gasteiger partial charge in [0.1, 0.15) is 12.1 Å². The molecular formula is C32H51N3O7. The fourth-order valence-corrected chi connectivity index (χ4v) is 4.82. The van der Waals surface area contributed by atoms with Crippen LogP contribution in [0.15, 0.2) is 24.3 Å². The molecule has 42 heavy (non-hydrogen) atoms. The van der Waals surface area contributed by atoms with Crippen LogP contribution in [-0.4, -0.2) is 105 Å². The fraction of sp³-hybridized carbons (Fsp3) is 0.688. The van der Waals surface area contributed by atoms with E-state index in [1.165, 1.54) is 25.8 Å². The first-order chi connectivity index (χ1) is 19.7. The van der Waals surface area contributed by atoms with Gasteiger partial charge in [0.25, 0.3) is 5.91 Å². The van der Waals surface area contributed by atoms with Gasteiger partial charge in [0.05, 0.1) is 13.2 Å². The Labute approximate surface area is 251 Å². The Morgan fingerprint density at radius 1 is 0.833 bits per heavy atom. The smallest absolute Gasteiger partial charge is 0.329 e. The van der Waals surface area contributed by atoms with Gasteiger partial charge in [-0.2, -0.15) is 0 Å². The number of carbonyl (C=O) groups is 4. The normalized spacial score (nSPS) is 16.6. The molecule has 2 rings (SSSR count). The minimum Gasteiger partial charge on any atom is -0.453 e. The van der Waals surface area contributed by atoms with Gasteiger partial charge in [-0.15, -0.1) is 0 Å². The Hall–Kier alpha value is -2.98. The van der Waals surface area contributed by atoms with E-state index in [1.807, 2.05) is 66.1 Å². The number of hydrogen-bond acceptors (Lipinski definition) is 9. The number of carbonyl (C=O) groups excluding carboxylic acids is 4. The maximum absolute atomic E-state index is 14.0. The second-order valence-electron chi connectivity index (χ2n) is 12.3. The highest BCUT2D eigenvalue weighted by Crippen LogP contribution is 2.21. The van der Waals surface area contributed by atoms with Crippen LogP contribution in [0.25, 0.3) is 0 Å². The van der Waals surface area contributed by atoms with Gasteiger partial charge < -0.3 is 24.0 Å². The number of Topliss-reactive ketones (excluding diaryl/α,β-unsaturated/α-hetero) is 1. The largest absolute Gasteiger partial charge is 0.453 e. The van der Waals surface area contributed by atoms with E-state index in [2.05, 4.69) is 4.90 Å². The maximum Gasteiger partial charge on any atom is 0.329 e. The first-order valence-corrected chi connectivity index (χ1v) is 15.0. The predicted octanol–water partition coefficient (Wildman–Crippen LogP) is 3.35. The molecule has 0 N–H and O–H groups in total. The molecule has 10 heteroatoms. The molecule has 0 aromatic heterocycles. The zero-order chi connectivity index (χ0) is 31.6. The molecule has 0 aliphatic carbocycles. The van der Waals surface area contributed by atoms with Gasteiger partial charge in [-0.05, 0) is 70.3 Å². The van der Waals surface area contributed by atoms with Crippen LogP contribution in [0.5, 0.6) is 0 Å². The number of morpholine rings is 1. The van der Waals surface area contributed by atoms with Crippen molar-refractivity contribution in [3.05, 3.63) is 29.8 Å². The minimum absolute atomic E-state index is 0.0586. The van der Waals surface area contributed by atoms with E-state index >= 15 is 0 Å². The summed E-state index contributed by atoms with van der Waals surface area (Å²) in [5.74, 6) is -1.63. The topological polar surface area (TPSA) is 106 Å². The number of likely N-dealkylation sites (N-methyl/N-ethyl adjacent to an activating group) is 2. The summed E-state index contributed by atoms with van der Waals surface area (Å²) in [5.41, 5.74) is 1.88. The number of esters is 2. The average Bonchev–Trinajstić information content (AvgIpc) is 2.93. The third-order valence-electron chi connectivity index (χ3n) is 7.50. The first kappa shape index (κ1) is 35.2. The molecule has 0 radical (unpaired) electrons. The molecule has 1 heterocycles. The lowest BCUT2D eigenvalue weighted by Gasteiger charge is -2.32. The highest BCUT2D eigenvalue weighted by molar-refractivity contribution is 5.90. The van der Waals surface area contributed by atoms with Crippen molar-refractivity contribution in [2.75, 3.05) is 52.3 Å². The third-order valence-corrected chi connectivity index (χ3v) is 7.50. The van der Waals surface area contributed by atoms with Gasteiger partial charge in [0.2, 0.25) is 0 Å². The molecular weight excluding hydrogens is 538 g/mol. The molecule has 1 saturated heterocycles. The van der Waals surface area contributed by atoms with Crippen LogP contribution in [-0.2, 0) is 39.8 Å². The van der Waals surface area contributed by atoms with Gasteiger partial charge in [0, 0.05) is 32.2 Å². The summed E-state index contributed by atoms with van der Waals surface area (Å²) in [6.07, 6.45) is -1.03. The second-order valence-corrected chi connectivity index (χ2v) is 12.3. The minimum atomic E-state index is -1.15. The Morgan fingerprint density at radius 3 is 1.86 bits per heavy atom.